The van der Waals surface area contributed by atoms with Crippen LogP contribution >= 0.6 is 0 Å². The van der Waals surface area contributed by atoms with Gasteiger partial charge in [-0.3, -0.25) is 4.79 Å². The molecule has 1 aromatic rings. The zero-order valence-corrected chi connectivity index (χ0v) is 12.3. The molecular weight excluding hydrogens is 299 g/mol. The molecule has 1 aromatic carbocycles. The average Bonchev–Trinajstić information content (AvgIpc) is 2.44. The minimum atomic E-state index is -4.59. The average molecular weight is 317 g/mol. The fraction of sp³-hybridized carbons (Fsp3) is 0.467. The summed E-state index contributed by atoms with van der Waals surface area (Å²) in [6, 6.07) is 7.08. The molecular formula is C15H18F3NO3. The highest BCUT2D eigenvalue weighted by molar-refractivity contribution is 5.87. The Labute approximate surface area is 126 Å². The van der Waals surface area contributed by atoms with Gasteiger partial charge >= 0.3 is 12.1 Å². The van der Waals surface area contributed by atoms with E-state index >= 15 is 0 Å². The molecule has 0 saturated carbocycles. The van der Waals surface area contributed by atoms with Crippen LogP contribution in [-0.4, -0.2) is 28.7 Å². The lowest BCUT2D eigenvalue weighted by Crippen LogP contribution is -2.52. The third-order valence-corrected chi connectivity index (χ3v) is 3.58. The maximum absolute atomic E-state index is 13.1. The van der Waals surface area contributed by atoms with E-state index in [-0.39, 0.29) is 12.0 Å². The van der Waals surface area contributed by atoms with E-state index in [4.69, 9.17) is 5.11 Å². The highest BCUT2D eigenvalue weighted by atomic mass is 19.4. The summed E-state index contributed by atoms with van der Waals surface area (Å²) in [5, 5.41) is 11.2. The van der Waals surface area contributed by atoms with Crippen molar-refractivity contribution in [3.05, 3.63) is 35.9 Å². The number of carbonyl (C=O) groups is 2. The molecule has 7 heteroatoms. The van der Waals surface area contributed by atoms with Crippen molar-refractivity contribution in [1.82, 2.24) is 5.32 Å². The first kappa shape index (κ1) is 18.0. The molecule has 0 aromatic heterocycles. The number of alkyl halides is 3. The number of rotatable bonds is 6. The van der Waals surface area contributed by atoms with Crippen molar-refractivity contribution >= 4 is 11.9 Å². The second kappa shape index (κ2) is 6.81. The van der Waals surface area contributed by atoms with Crippen LogP contribution < -0.4 is 5.32 Å². The molecule has 122 valence electrons. The largest absolute Gasteiger partial charge is 0.480 e. The van der Waals surface area contributed by atoms with Gasteiger partial charge in [0, 0.05) is 6.42 Å². The van der Waals surface area contributed by atoms with Crippen molar-refractivity contribution in [1.29, 1.82) is 0 Å². The predicted molar refractivity (Wildman–Crippen MR) is 74.3 cm³/mol. The summed E-state index contributed by atoms with van der Waals surface area (Å²) in [4.78, 5) is 23.0. The number of nitrogens with one attached hydrogen (secondary N) is 1. The normalized spacial score (nSPS) is 15.7. The molecule has 0 bridgehead atoms. The van der Waals surface area contributed by atoms with Crippen LogP contribution in [0.4, 0.5) is 13.2 Å². The summed E-state index contributed by atoms with van der Waals surface area (Å²) in [5.41, 5.74) is -1.61. The monoisotopic (exact) mass is 317 g/mol. The molecule has 1 rings (SSSR count). The summed E-state index contributed by atoms with van der Waals surface area (Å²) >= 11 is 0. The van der Waals surface area contributed by atoms with Gasteiger partial charge in [0.25, 0.3) is 0 Å². The van der Waals surface area contributed by atoms with Crippen LogP contribution in [0, 0.1) is 0 Å². The van der Waals surface area contributed by atoms with E-state index < -0.39 is 35.9 Å². The van der Waals surface area contributed by atoms with Gasteiger partial charge in [-0.15, -0.1) is 0 Å². The molecule has 1 amide bonds. The standard InChI is InChI=1S/C15H18F3NO3/c1-3-14(2,13(21)22)19-12(20)9-11(15(16,17)18)10-7-5-4-6-8-10/h4-8,11H,3,9H2,1-2H3,(H,19,20)(H,21,22). The van der Waals surface area contributed by atoms with Crippen LogP contribution in [-0.2, 0) is 9.59 Å². The predicted octanol–water partition coefficient (Wildman–Crippen LogP) is 3.09. The SMILES string of the molecule is CCC(C)(NC(=O)CC(c1ccccc1)C(F)(F)F)C(=O)O. The van der Waals surface area contributed by atoms with Crippen molar-refractivity contribution in [3.8, 4) is 0 Å². The molecule has 0 heterocycles. The van der Waals surface area contributed by atoms with Gasteiger partial charge < -0.3 is 10.4 Å². The number of carboxylic acid groups (broad SMARTS) is 1. The van der Waals surface area contributed by atoms with Gasteiger partial charge in [-0.2, -0.15) is 13.2 Å². The molecule has 0 saturated heterocycles. The maximum atomic E-state index is 13.1. The van der Waals surface area contributed by atoms with Gasteiger partial charge in [0.05, 0.1) is 5.92 Å². The lowest BCUT2D eigenvalue weighted by molar-refractivity contribution is -0.159. The van der Waals surface area contributed by atoms with Gasteiger partial charge in [0.15, 0.2) is 0 Å². The molecule has 2 N–H and O–H groups in total. The Kier molecular flexibility index (Phi) is 5.57. The van der Waals surface area contributed by atoms with Gasteiger partial charge in [-0.1, -0.05) is 37.3 Å². The van der Waals surface area contributed by atoms with E-state index in [1.54, 1.807) is 6.07 Å². The highest BCUT2D eigenvalue weighted by Crippen LogP contribution is 2.37. The highest BCUT2D eigenvalue weighted by Gasteiger charge is 2.43. The molecule has 0 fully saturated rings. The lowest BCUT2D eigenvalue weighted by atomic mass is 9.93. The van der Waals surface area contributed by atoms with Crippen molar-refractivity contribution in [2.45, 2.75) is 44.3 Å². The Morgan fingerprint density at radius 2 is 1.77 bits per heavy atom. The smallest absolute Gasteiger partial charge is 0.396 e. The molecule has 0 aliphatic rings. The van der Waals surface area contributed by atoms with Crippen LogP contribution in [0.5, 0.6) is 0 Å². The Hall–Kier alpha value is -2.05. The fourth-order valence-electron chi connectivity index (χ4n) is 1.95. The molecule has 22 heavy (non-hydrogen) atoms. The fourth-order valence-corrected chi connectivity index (χ4v) is 1.95. The lowest BCUT2D eigenvalue weighted by Gasteiger charge is -2.26. The zero-order chi connectivity index (χ0) is 17.0. The van der Waals surface area contributed by atoms with Crippen LogP contribution in [0.15, 0.2) is 30.3 Å². The first-order chi connectivity index (χ1) is 10.1. The topological polar surface area (TPSA) is 66.4 Å². The quantitative estimate of drug-likeness (QED) is 0.847. The number of carbonyl (C=O) groups excluding carboxylic acids is 1. The van der Waals surface area contributed by atoms with Crippen LogP contribution in [0.1, 0.15) is 38.2 Å². The number of hydrogen-bond acceptors (Lipinski definition) is 2. The molecule has 4 nitrogen and oxygen atoms in total. The van der Waals surface area contributed by atoms with Crippen molar-refractivity contribution in [2.75, 3.05) is 0 Å². The Balaban J connectivity index is 2.92. The van der Waals surface area contributed by atoms with Gasteiger partial charge in [0.2, 0.25) is 5.91 Å². The first-order valence-corrected chi connectivity index (χ1v) is 6.76. The second-order valence-electron chi connectivity index (χ2n) is 5.25. The maximum Gasteiger partial charge on any atom is 0.396 e. The number of hydrogen-bond donors (Lipinski definition) is 2. The first-order valence-electron chi connectivity index (χ1n) is 6.76. The Morgan fingerprint density at radius 3 is 2.18 bits per heavy atom. The van der Waals surface area contributed by atoms with Crippen LogP contribution in [0.25, 0.3) is 0 Å². The minimum absolute atomic E-state index is 0.0290. The van der Waals surface area contributed by atoms with E-state index in [1.807, 2.05) is 0 Å². The van der Waals surface area contributed by atoms with E-state index in [0.29, 0.717) is 0 Å². The minimum Gasteiger partial charge on any atom is -0.480 e. The van der Waals surface area contributed by atoms with Crippen molar-refractivity contribution < 1.29 is 27.9 Å². The van der Waals surface area contributed by atoms with Gasteiger partial charge in [-0.05, 0) is 18.9 Å². The molecule has 2 atom stereocenters. The van der Waals surface area contributed by atoms with Crippen LogP contribution in [0.3, 0.4) is 0 Å². The summed E-state index contributed by atoms with van der Waals surface area (Å²) in [7, 11) is 0. The van der Waals surface area contributed by atoms with E-state index in [0.717, 1.165) is 0 Å². The van der Waals surface area contributed by atoms with E-state index in [1.165, 1.54) is 38.1 Å². The summed E-state index contributed by atoms with van der Waals surface area (Å²) in [5.74, 6) is -4.20. The Bertz CT molecular complexity index is 531. The summed E-state index contributed by atoms with van der Waals surface area (Å²) in [6.45, 7) is 2.80. The zero-order valence-electron chi connectivity index (χ0n) is 12.3. The molecule has 0 radical (unpaired) electrons. The number of carboxylic acids is 1. The van der Waals surface area contributed by atoms with Crippen molar-refractivity contribution in [2.24, 2.45) is 0 Å². The third kappa shape index (κ3) is 4.47. The van der Waals surface area contributed by atoms with Crippen LogP contribution in [0.2, 0.25) is 0 Å². The second-order valence-corrected chi connectivity index (χ2v) is 5.25. The molecule has 0 spiro atoms. The molecule has 2 unspecified atom stereocenters. The third-order valence-electron chi connectivity index (χ3n) is 3.58. The summed E-state index contributed by atoms with van der Waals surface area (Å²) in [6.07, 6.45) is -5.38. The van der Waals surface area contributed by atoms with Crippen molar-refractivity contribution in [3.63, 3.8) is 0 Å². The Morgan fingerprint density at radius 1 is 1.23 bits per heavy atom. The summed E-state index contributed by atoms with van der Waals surface area (Å²) < 4.78 is 39.4. The molecule has 0 aliphatic carbocycles. The van der Waals surface area contributed by atoms with E-state index in [2.05, 4.69) is 5.32 Å². The number of benzene rings is 1. The number of halogens is 3. The number of aliphatic carboxylic acids is 1. The van der Waals surface area contributed by atoms with Gasteiger partial charge in [-0.25, -0.2) is 4.79 Å². The molecule has 0 aliphatic heterocycles. The van der Waals surface area contributed by atoms with E-state index in [9.17, 15) is 22.8 Å². The number of amides is 1. The van der Waals surface area contributed by atoms with Gasteiger partial charge in [0.1, 0.15) is 5.54 Å².